The fraction of sp³-hybridized carbons (Fsp3) is 0.222. The van der Waals surface area contributed by atoms with Crippen LogP contribution in [-0.2, 0) is 6.54 Å². The molecular formula is C18H18N2O5. The first kappa shape index (κ1) is 16.8. The Labute approximate surface area is 144 Å². The number of benzene rings is 2. The monoisotopic (exact) mass is 342 g/mol. The first-order chi connectivity index (χ1) is 12.1. The summed E-state index contributed by atoms with van der Waals surface area (Å²) >= 11 is 0. The number of aliphatic hydroxyl groups excluding tert-OH is 1. The Bertz CT molecular complexity index is 901. The van der Waals surface area contributed by atoms with E-state index >= 15 is 0 Å². The average Bonchev–Trinajstić information content (AvgIpc) is 3.02. The van der Waals surface area contributed by atoms with Gasteiger partial charge in [0.2, 0.25) is 5.89 Å². The molecule has 0 aliphatic heterocycles. The van der Waals surface area contributed by atoms with Crippen molar-refractivity contribution in [3.05, 3.63) is 64.6 Å². The number of hydrogen-bond acceptors (Lipinski definition) is 6. The maximum absolute atomic E-state index is 12.0. The highest BCUT2D eigenvalue weighted by molar-refractivity contribution is 5.51. The van der Waals surface area contributed by atoms with Crippen molar-refractivity contribution in [2.45, 2.75) is 12.6 Å². The molecule has 0 saturated heterocycles. The van der Waals surface area contributed by atoms with Crippen molar-refractivity contribution in [3.8, 4) is 23.0 Å². The van der Waals surface area contributed by atoms with Crippen molar-refractivity contribution in [1.82, 2.24) is 9.78 Å². The molecule has 1 aromatic heterocycles. The van der Waals surface area contributed by atoms with Gasteiger partial charge in [-0.1, -0.05) is 18.2 Å². The number of aromatic nitrogens is 2. The third-order valence-corrected chi connectivity index (χ3v) is 3.77. The van der Waals surface area contributed by atoms with Gasteiger partial charge in [0.15, 0.2) is 0 Å². The molecule has 0 saturated carbocycles. The van der Waals surface area contributed by atoms with Gasteiger partial charge in [0.05, 0.1) is 20.8 Å². The van der Waals surface area contributed by atoms with Crippen LogP contribution < -0.4 is 15.2 Å². The van der Waals surface area contributed by atoms with Gasteiger partial charge in [-0.25, -0.2) is 4.79 Å². The summed E-state index contributed by atoms with van der Waals surface area (Å²) in [4.78, 5) is 12.0. The van der Waals surface area contributed by atoms with Crippen LogP contribution in [0.1, 0.15) is 11.7 Å². The van der Waals surface area contributed by atoms with E-state index in [9.17, 15) is 9.90 Å². The molecule has 7 nitrogen and oxygen atoms in total. The second-order valence-electron chi connectivity index (χ2n) is 5.34. The SMILES string of the molecule is COc1ccc(OC)c(C(O)Cn2nc(-c3ccccc3)oc2=O)c1. The fourth-order valence-corrected chi connectivity index (χ4v) is 2.48. The third kappa shape index (κ3) is 3.56. The molecule has 3 aromatic rings. The predicted molar refractivity (Wildman–Crippen MR) is 90.7 cm³/mol. The average molecular weight is 342 g/mol. The van der Waals surface area contributed by atoms with Crippen LogP contribution in [0.3, 0.4) is 0 Å². The highest BCUT2D eigenvalue weighted by atomic mass is 16.5. The van der Waals surface area contributed by atoms with Crippen LogP contribution in [0.15, 0.2) is 57.7 Å². The van der Waals surface area contributed by atoms with E-state index in [0.29, 0.717) is 22.6 Å². The van der Waals surface area contributed by atoms with Crippen molar-refractivity contribution in [1.29, 1.82) is 0 Å². The van der Waals surface area contributed by atoms with E-state index in [2.05, 4.69) is 5.10 Å². The first-order valence-corrected chi connectivity index (χ1v) is 7.65. The summed E-state index contributed by atoms with van der Waals surface area (Å²) in [6, 6.07) is 14.2. The quantitative estimate of drug-likeness (QED) is 0.739. The molecule has 1 atom stereocenters. The van der Waals surface area contributed by atoms with Crippen molar-refractivity contribution >= 4 is 0 Å². The highest BCUT2D eigenvalue weighted by Crippen LogP contribution is 2.30. The van der Waals surface area contributed by atoms with Crippen molar-refractivity contribution in [2.75, 3.05) is 14.2 Å². The second-order valence-corrected chi connectivity index (χ2v) is 5.34. The summed E-state index contributed by atoms with van der Waals surface area (Å²) in [5.41, 5.74) is 1.19. The van der Waals surface area contributed by atoms with Gasteiger partial charge in [-0.3, -0.25) is 0 Å². The number of rotatable bonds is 6. The van der Waals surface area contributed by atoms with Crippen LogP contribution in [-0.4, -0.2) is 29.1 Å². The van der Waals surface area contributed by atoms with Crippen LogP contribution in [0.4, 0.5) is 0 Å². The summed E-state index contributed by atoms with van der Waals surface area (Å²) in [7, 11) is 3.04. The van der Waals surface area contributed by atoms with E-state index in [0.717, 1.165) is 4.68 Å². The Hall–Kier alpha value is -3.06. The van der Waals surface area contributed by atoms with Crippen LogP contribution >= 0.6 is 0 Å². The van der Waals surface area contributed by atoms with Crippen LogP contribution in [0.5, 0.6) is 11.5 Å². The first-order valence-electron chi connectivity index (χ1n) is 7.65. The maximum atomic E-state index is 12.0. The standard InChI is InChI=1S/C18H18N2O5/c1-23-13-8-9-16(24-2)14(10-13)15(21)11-20-18(22)25-17(19-20)12-6-4-3-5-7-12/h3-10,15,21H,11H2,1-2H3. The summed E-state index contributed by atoms with van der Waals surface area (Å²) in [5, 5.41) is 14.7. The summed E-state index contributed by atoms with van der Waals surface area (Å²) in [6.45, 7) is -0.0707. The zero-order valence-corrected chi connectivity index (χ0v) is 13.9. The van der Waals surface area contributed by atoms with E-state index in [1.54, 1.807) is 30.3 Å². The lowest BCUT2D eigenvalue weighted by molar-refractivity contribution is 0.144. The van der Waals surface area contributed by atoms with Gasteiger partial charge < -0.3 is 19.0 Å². The zero-order chi connectivity index (χ0) is 17.8. The summed E-state index contributed by atoms with van der Waals surface area (Å²) in [5.74, 6) is 0.635. The molecule has 3 rings (SSSR count). The van der Waals surface area contributed by atoms with Crippen LogP contribution in [0, 0.1) is 0 Å². The van der Waals surface area contributed by atoms with E-state index in [-0.39, 0.29) is 12.4 Å². The molecule has 0 spiro atoms. The summed E-state index contributed by atoms with van der Waals surface area (Å²) < 4.78 is 16.7. The topological polar surface area (TPSA) is 86.7 Å². The molecule has 7 heteroatoms. The number of methoxy groups -OCH3 is 2. The molecule has 0 aliphatic rings. The Morgan fingerprint density at radius 2 is 1.92 bits per heavy atom. The summed E-state index contributed by atoms with van der Waals surface area (Å²) in [6.07, 6.45) is -1.02. The Kier molecular flexibility index (Phi) is 4.85. The molecule has 1 heterocycles. The molecule has 1 unspecified atom stereocenters. The lowest BCUT2D eigenvalue weighted by atomic mass is 10.1. The number of aliphatic hydroxyl groups is 1. The van der Waals surface area contributed by atoms with Gasteiger partial charge in [-0.2, -0.15) is 4.68 Å². The van der Waals surface area contributed by atoms with Crippen LogP contribution in [0.2, 0.25) is 0 Å². The van der Waals surface area contributed by atoms with Gasteiger partial charge in [-0.15, -0.1) is 5.10 Å². The molecule has 0 bridgehead atoms. The molecule has 2 aromatic carbocycles. The van der Waals surface area contributed by atoms with Gasteiger partial charge >= 0.3 is 5.76 Å². The molecular weight excluding hydrogens is 324 g/mol. The van der Waals surface area contributed by atoms with E-state index in [4.69, 9.17) is 13.9 Å². The van der Waals surface area contributed by atoms with Crippen molar-refractivity contribution in [2.24, 2.45) is 0 Å². The number of hydrogen-bond donors (Lipinski definition) is 1. The van der Waals surface area contributed by atoms with E-state index in [1.165, 1.54) is 14.2 Å². The van der Waals surface area contributed by atoms with Crippen molar-refractivity contribution < 1.29 is 19.0 Å². The maximum Gasteiger partial charge on any atom is 0.437 e. The third-order valence-electron chi connectivity index (χ3n) is 3.77. The molecule has 25 heavy (non-hydrogen) atoms. The number of nitrogens with zero attached hydrogens (tertiary/aromatic N) is 2. The normalized spacial score (nSPS) is 12.0. The minimum atomic E-state index is -1.02. The molecule has 130 valence electrons. The minimum absolute atomic E-state index is 0.0707. The van der Waals surface area contributed by atoms with E-state index in [1.807, 2.05) is 18.2 Å². The molecule has 0 radical (unpaired) electrons. The van der Waals surface area contributed by atoms with Gasteiger partial charge in [0.1, 0.15) is 17.6 Å². The highest BCUT2D eigenvalue weighted by Gasteiger charge is 2.19. The fourth-order valence-electron chi connectivity index (χ4n) is 2.48. The molecule has 1 N–H and O–H groups in total. The van der Waals surface area contributed by atoms with Crippen LogP contribution in [0.25, 0.3) is 11.5 Å². The molecule has 0 aliphatic carbocycles. The van der Waals surface area contributed by atoms with Gasteiger partial charge in [0, 0.05) is 11.1 Å². The smallest absolute Gasteiger partial charge is 0.437 e. The Morgan fingerprint density at radius 1 is 1.16 bits per heavy atom. The predicted octanol–water partition coefficient (Wildman–Crippen LogP) is 2.25. The minimum Gasteiger partial charge on any atom is -0.497 e. The molecule has 0 amide bonds. The van der Waals surface area contributed by atoms with E-state index < -0.39 is 11.9 Å². The second kappa shape index (κ2) is 7.23. The van der Waals surface area contributed by atoms with Crippen molar-refractivity contribution in [3.63, 3.8) is 0 Å². The Balaban J connectivity index is 1.88. The molecule has 0 fully saturated rings. The van der Waals surface area contributed by atoms with Gasteiger partial charge in [-0.05, 0) is 30.3 Å². The lowest BCUT2D eigenvalue weighted by Gasteiger charge is -2.15. The Morgan fingerprint density at radius 3 is 2.60 bits per heavy atom. The van der Waals surface area contributed by atoms with Gasteiger partial charge in [0.25, 0.3) is 0 Å². The zero-order valence-electron chi connectivity index (χ0n) is 13.9. The lowest BCUT2D eigenvalue weighted by Crippen LogP contribution is -2.20. The largest absolute Gasteiger partial charge is 0.497 e. The number of ether oxygens (including phenoxy) is 2.